The van der Waals surface area contributed by atoms with Gasteiger partial charge in [-0.25, -0.2) is 4.39 Å². The smallest absolute Gasteiger partial charge is 0.285 e. The van der Waals surface area contributed by atoms with Crippen molar-refractivity contribution in [3.63, 3.8) is 0 Å². The third-order valence-corrected chi connectivity index (χ3v) is 3.62. The Bertz CT molecular complexity index is 747. The van der Waals surface area contributed by atoms with Gasteiger partial charge in [0.1, 0.15) is 11.4 Å². The number of nitro benzene ring substituents is 1. The van der Waals surface area contributed by atoms with E-state index in [9.17, 15) is 24.4 Å². The fourth-order valence-electron chi connectivity index (χ4n) is 2.41. The number of aliphatic hydroxyl groups excluding tert-OH is 1. The van der Waals surface area contributed by atoms with Crippen molar-refractivity contribution in [2.75, 3.05) is 6.61 Å². The fraction of sp³-hybridized carbons (Fsp3) is 0.235. The maximum atomic E-state index is 12.9. The van der Waals surface area contributed by atoms with Gasteiger partial charge in [-0.1, -0.05) is 24.3 Å². The number of rotatable bonds is 6. The second kappa shape index (κ2) is 7.65. The third-order valence-electron chi connectivity index (χ3n) is 3.62. The molecule has 1 atom stereocenters. The van der Waals surface area contributed by atoms with Crippen molar-refractivity contribution in [2.45, 2.75) is 19.4 Å². The summed E-state index contributed by atoms with van der Waals surface area (Å²) in [7, 11) is 0. The van der Waals surface area contributed by atoms with Crippen LogP contribution in [0.1, 0.15) is 21.5 Å². The summed E-state index contributed by atoms with van der Waals surface area (Å²) in [4.78, 5) is 22.9. The first kappa shape index (κ1) is 17.6. The number of aryl methyl sites for hydroxylation is 1. The van der Waals surface area contributed by atoms with Crippen LogP contribution in [0.3, 0.4) is 0 Å². The van der Waals surface area contributed by atoms with E-state index in [4.69, 9.17) is 0 Å². The van der Waals surface area contributed by atoms with E-state index in [0.717, 1.165) is 5.56 Å². The Kier molecular flexibility index (Phi) is 5.59. The van der Waals surface area contributed by atoms with Crippen molar-refractivity contribution in [1.29, 1.82) is 0 Å². The van der Waals surface area contributed by atoms with Crippen LogP contribution in [-0.2, 0) is 6.42 Å². The summed E-state index contributed by atoms with van der Waals surface area (Å²) in [5.74, 6) is -1.01. The highest BCUT2D eigenvalue weighted by Crippen LogP contribution is 2.23. The zero-order chi connectivity index (χ0) is 17.7. The highest BCUT2D eigenvalue weighted by atomic mass is 19.1. The Morgan fingerprint density at radius 2 is 1.96 bits per heavy atom. The molecule has 0 bridgehead atoms. The molecule has 2 aromatic rings. The molecule has 1 amide bonds. The standard InChI is InChI=1S/C17H17FN2O4/c1-11-3-2-4-15(16(11)20(23)24)17(22)19-14(10-21)9-12-5-7-13(18)8-6-12/h2-8,14,21H,9-10H2,1H3,(H,19,22)/t14-/m0/s1. The van der Waals surface area contributed by atoms with Gasteiger partial charge in [0.05, 0.1) is 17.6 Å². The quantitative estimate of drug-likeness (QED) is 0.627. The fourth-order valence-corrected chi connectivity index (χ4v) is 2.41. The summed E-state index contributed by atoms with van der Waals surface area (Å²) < 4.78 is 12.9. The molecule has 126 valence electrons. The largest absolute Gasteiger partial charge is 0.394 e. The monoisotopic (exact) mass is 332 g/mol. The molecular formula is C17H17FN2O4. The van der Waals surface area contributed by atoms with Gasteiger partial charge in [0.15, 0.2) is 0 Å². The van der Waals surface area contributed by atoms with Gasteiger partial charge in [0.25, 0.3) is 11.6 Å². The average Bonchev–Trinajstić information content (AvgIpc) is 2.55. The topological polar surface area (TPSA) is 92.5 Å². The molecule has 6 nitrogen and oxygen atoms in total. The van der Waals surface area contributed by atoms with Gasteiger partial charge in [-0.15, -0.1) is 0 Å². The van der Waals surface area contributed by atoms with E-state index in [1.54, 1.807) is 31.2 Å². The van der Waals surface area contributed by atoms with Crippen LogP contribution in [0.4, 0.5) is 10.1 Å². The van der Waals surface area contributed by atoms with Crippen molar-refractivity contribution >= 4 is 11.6 Å². The normalized spacial score (nSPS) is 11.8. The van der Waals surface area contributed by atoms with Crippen LogP contribution >= 0.6 is 0 Å². The van der Waals surface area contributed by atoms with Crippen molar-refractivity contribution in [1.82, 2.24) is 5.32 Å². The number of halogens is 1. The number of carbonyl (C=O) groups is 1. The van der Waals surface area contributed by atoms with Crippen LogP contribution in [-0.4, -0.2) is 28.6 Å². The molecule has 0 aliphatic rings. The number of amides is 1. The molecule has 0 radical (unpaired) electrons. The molecule has 0 saturated heterocycles. The summed E-state index contributed by atoms with van der Waals surface area (Å²) in [6.07, 6.45) is 0.280. The molecule has 2 aromatic carbocycles. The molecule has 0 fully saturated rings. The summed E-state index contributed by atoms with van der Waals surface area (Å²) in [5, 5.41) is 23.2. The average molecular weight is 332 g/mol. The van der Waals surface area contributed by atoms with Crippen molar-refractivity contribution in [2.24, 2.45) is 0 Å². The SMILES string of the molecule is Cc1cccc(C(=O)N[C@H](CO)Cc2ccc(F)cc2)c1[N+](=O)[O-]. The van der Waals surface area contributed by atoms with E-state index < -0.39 is 16.9 Å². The van der Waals surface area contributed by atoms with Gasteiger partial charge < -0.3 is 10.4 Å². The molecule has 2 rings (SSSR count). The number of carbonyl (C=O) groups excluding carboxylic acids is 1. The van der Waals surface area contributed by atoms with Crippen LogP contribution in [0.15, 0.2) is 42.5 Å². The van der Waals surface area contributed by atoms with E-state index in [-0.39, 0.29) is 30.1 Å². The molecule has 0 aliphatic heterocycles. The number of para-hydroxylation sites is 1. The molecule has 0 spiro atoms. The Hall–Kier alpha value is -2.80. The summed E-state index contributed by atoms with van der Waals surface area (Å²) in [5.41, 5.74) is 0.798. The van der Waals surface area contributed by atoms with Gasteiger partial charge in [-0.05, 0) is 37.1 Å². The second-order valence-electron chi connectivity index (χ2n) is 5.41. The van der Waals surface area contributed by atoms with E-state index in [1.807, 2.05) is 0 Å². The second-order valence-corrected chi connectivity index (χ2v) is 5.41. The number of benzene rings is 2. The number of nitro groups is 1. The number of nitrogens with one attached hydrogen (secondary N) is 1. The predicted molar refractivity (Wildman–Crippen MR) is 86.3 cm³/mol. The molecular weight excluding hydrogens is 315 g/mol. The molecule has 24 heavy (non-hydrogen) atoms. The van der Waals surface area contributed by atoms with Crippen LogP contribution in [0.5, 0.6) is 0 Å². The Balaban J connectivity index is 2.16. The first-order chi connectivity index (χ1) is 11.4. The molecule has 0 aromatic heterocycles. The zero-order valence-electron chi connectivity index (χ0n) is 13.0. The van der Waals surface area contributed by atoms with Crippen molar-refractivity contribution in [3.8, 4) is 0 Å². The molecule has 7 heteroatoms. The molecule has 0 heterocycles. The van der Waals surface area contributed by atoms with Crippen LogP contribution in [0, 0.1) is 22.9 Å². The van der Waals surface area contributed by atoms with Gasteiger partial charge in [0, 0.05) is 5.56 Å². The number of aliphatic hydroxyl groups is 1. The van der Waals surface area contributed by atoms with E-state index in [2.05, 4.69) is 5.32 Å². The van der Waals surface area contributed by atoms with Gasteiger partial charge in [-0.2, -0.15) is 0 Å². The predicted octanol–water partition coefficient (Wildman–Crippen LogP) is 2.38. The Morgan fingerprint density at radius 3 is 2.54 bits per heavy atom. The zero-order valence-corrected chi connectivity index (χ0v) is 13.0. The summed E-state index contributed by atoms with van der Waals surface area (Å²) in [6.45, 7) is 1.21. The summed E-state index contributed by atoms with van der Waals surface area (Å²) >= 11 is 0. The highest BCUT2D eigenvalue weighted by molar-refractivity contribution is 5.98. The highest BCUT2D eigenvalue weighted by Gasteiger charge is 2.24. The lowest BCUT2D eigenvalue weighted by atomic mass is 10.0. The van der Waals surface area contributed by atoms with E-state index in [1.165, 1.54) is 18.2 Å². The van der Waals surface area contributed by atoms with Crippen molar-refractivity contribution in [3.05, 3.63) is 75.1 Å². The molecule has 0 unspecified atom stereocenters. The van der Waals surface area contributed by atoms with Crippen molar-refractivity contribution < 1.29 is 19.2 Å². The first-order valence-electron chi connectivity index (χ1n) is 7.32. The van der Waals surface area contributed by atoms with Crippen LogP contribution in [0.25, 0.3) is 0 Å². The first-order valence-corrected chi connectivity index (χ1v) is 7.32. The minimum absolute atomic E-state index is 0.0578. The third kappa shape index (κ3) is 4.14. The van der Waals surface area contributed by atoms with Gasteiger partial charge in [-0.3, -0.25) is 14.9 Å². The van der Waals surface area contributed by atoms with Crippen LogP contribution in [0.2, 0.25) is 0 Å². The molecule has 2 N–H and O–H groups in total. The van der Waals surface area contributed by atoms with E-state index in [0.29, 0.717) is 5.56 Å². The van der Waals surface area contributed by atoms with Crippen LogP contribution < -0.4 is 5.32 Å². The maximum Gasteiger partial charge on any atom is 0.285 e. The lowest BCUT2D eigenvalue weighted by molar-refractivity contribution is -0.385. The number of nitrogens with zero attached hydrogens (tertiary/aromatic N) is 1. The maximum absolute atomic E-state index is 12.9. The van der Waals surface area contributed by atoms with Gasteiger partial charge in [0.2, 0.25) is 0 Å². The lowest BCUT2D eigenvalue weighted by Gasteiger charge is -2.16. The molecule has 0 saturated carbocycles. The van der Waals surface area contributed by atoms with Gasteiger partial charge >= 0.3 is 0 Å². The van der Waals surface area contributed by atoms with E-state index >= 15 is 0 Å². The Labute approximate surface area is 138 Å². The minimum Gasteiger partial charge on any atom is -0.394 e. The lowest BCUT2D eigenvalue weighted by Crippen LogP contribution is -2.39. The number of hydrogen-bond donors (Lipinski definition) is 2. The Morgan fingerprint density at radius 1 is 1.29 bits per heavy atom. The number of hydrogen-bond acceptors (Lipinski definition) is 4. The summed E-state index contributed by atoms with van der Waals surface area (Å²) in [6, 6.07) is 9.53. The minimum atomic E-state index is -0.636. The molecule has 0 aliphatic carbocycles.